The van der Waals surface area contributed by atoms with E-state index in [1.165, 1.54) is 31.3 Å². The summed E-state index contributed by atoms with van der Waals surface area (Å²) in [5, 5.41) is 4.10. The zero-order valence-electron chi connectivity index (χ0n) is 16.5. The molecule has 1 aliphatic heterocycles. The highest BCUT2D eigenvalue weighted by Gasteiger charge is 2.28. The summed E-state index contributed by atoms with van der Waals surface area (Å²) in [5.74, 6) is 1.37. The van der Waals surface area contributed by atoms with Gasteiger partial charge in [-0.05, 0) is 48.9 Å². The first-order valence-corrected chi connectivity index (χ1v) is 10.9. The molecule has 0 spiro atoms. The van der Waals surface area contributed by atoms with E-state index >= 15 is 0 Å². The third kappa shape index (κ3) is 4.73. The molecule has 2 aromatic rings. The zero-order chi connectivity index (χ0) is 20.1. The second-order valence-electron chi connectivity index (χ2n) is 6.81. The van der Waals surface area contributed by atoms with Crippen molar-refractivity contribution in [3.8, 4) is 0 Å². The van der Waals surface area contributed by atoms with Gasteiger partial charge in [0.05, 0.1) is 19.0 Å². The molecule has 3 rings (SSSR count). The van der Waals surface area contributed by atoms with Gasteiger partial charge in [-0.25, -0.2) is 9.78 Å². The second kappa shape index (κ2) is 9.52. The van der Waals surface area contributed by atoms with Crippen LogP contribution < -0.4 is 10.2 Å². The number of thioether (sulfide) groups is 1. The molecule has 0 saturated heterocycles. The fraction of sp³-hybridized carbons (Fsp3) is 0.429. The number of anilines is 2. The number of aromatic nitrogens is 1. The molecule has 1 N–H and O–H groups in total. The van der Waals surface area contributed by atoms with E-state index in [-0.39, 0.29) is 6.17 Å². The molecule has 28 heavy (non-hydrogen) atoms. The number of methoxy groups -OCH3 is 1. The van der Waals surface area contributed by atoms with Crippen molar-refractivity contribution in [1.29, 1.82) is 0 Å². The molecule has 1 aliphatic rings. The Morgan fingerprint density at radius 2 is 2.14 bits per heavy atom. The molecule has 1 aromatic heterocycles. The van der Waals surface area contributed by atoms with Crippen molar-refractivity contribution in [1.82, 2.24) is 4.98 Å². The van der Waals surface area contributed by atoms with E-state index in [4.69, 9.17) is 16.3 Å². The van der Waals surface area contributed by atoms with Gasteiger partial charge >= 0.3 is 5.97 Å². The van der Waals surface area contributed by atoms with Gasteiger partial charge in [0.25, 0.3) is 0 Å². The molecule has 1 aromatic carbocycles. The van der Waals surface area contributed by atoms with E-state index in [1.807, 2.05) is 17.8 Å². The number of carbonyl (C=O) groups is 1. The number of carbonyl (C=O) groups excluding carboxylic acids is 1. The summed E-state index contributed by atoms with van der Waals surface area (Å²) in [5.41, 5.74) is 2.32. The average Bonchev–Trinajstić information content (AvgIpc) is 3.01. The Hall–Kier alpha value is -1.92. The van der Waals surface area contributed by atoms with Crippen molar-refractivity contribution in [3.63, 3.8) is 0 Å². The van der Waals surface area contributed by atoms with Gasteiger partial charge in [0, 0.05) is 16.5 Å². The number of unbranched alkanes of at least 4 members (excludes halogenated alkanes) is 2. The van der Waals surface area contributed by atoms with E-state index in [1.54, 1.807) is 6.07 Å². The lowest BCUT2D eigenvalue weighted by Gasteiger charge is -2.24. The van der Waals surface area contributed by atoms with E-state index in [2.05, 4.69) is 47.2 Å². The lowest BCUT2D eigenvalue weighted by molar-refractivity contribution is 0.0594. The normalized spacial score (nSPS) is 15.3. The first kappa shape index (κ1) is 20.8. The number of fused-ring (bicyclic) bond motifs is 1. The molecule has 0 fully saturated rings. The number of rotatable bonds is 8. The number of halogens is 1. The highest BCUT2D eigenvalue weighted by atomic mass is 35.5. The first-order valence-electron chi connectivity index (χ1n) is 9.57. The van der Waals surface area contributed by atoms with Crippen LogP contribution in [0.15, 0.2) is 35.2 Å². The van der Waals surface area contributed by atoms with Crippen molar-refractivity contribution < 1.29 is 9.53 Å². The zero-order valence-corrected chi connectivity index (χ0v) is 18.1. The summed E-state index contributed by atoms with van der Waals surface area (Å²) in [6, 6.07) is 9.89. The number of nitrogens with zero attached hydrogens (tertiary/aromatic N) is 2. The second-order valence-corrected chi connectivity index (χ2v) is 8.39. The van der Waals surface area contributed by atoms with Crippen LogP contribution in [-0.4, -0.2) is 30.0 Å². The summed E-state index contributed by atoms with van der Waals surface area (Å²) >= 11 is 8.43. The van der Waals surface area contributed by atoms with Gasteiger partial charge in [0.2, 0.25) is 0 Å². The Kier molecular flexibility index (Phi) is 7.08. The van der Waals surface area contributed by atoms with Crippen LogP contribution in [0.4, 0.5) is 11.5 Å². The third-order valence-corrected chi connectivity index (χ3v) is 6.20. The van der Waals surface area contributed by atoms with Gasteiger partial charge in [-0.15, -0.1) is 11.8 Å². The fourth-order valence-electron chi connectivity index (χ4n) is 3.19. The number of pyridine rings is 1. The maximum Gasteiger partial charge on any atom is 0.356 e. The van der Waals surface area contributed by atoms with E-state index in [9.17, 15) is 4.79 Å². The van der Waals surface area contributed by atoms with Crippen LogP contribution in [0.5, 0.6) is 0 Å². The molecule has 1 atom stereocenters. The van der Waals surface area contributed by atoms with Crippen molar-refractivity contribution in [3.05, 3.63) is 46.6 Å². The minimum absolute atomic E-state index is 0.0505. The van der Waals surface area contributed by atoms with Crippen LogP contribution in [0, 0.1) is 0 Å². The molecule has 0 saturated carbocycles. The molecule has 150 valence electrons. The maximum absolute atomic E-state index is 11.7. The summed E-state index contributed by atoms with van der Waals surface area (Å²) in [7, 11) is 1.35. The molecule has 0 bridgehead atoms. The number of hydrogen-bond acceptors (Lipinski definition) is 6. The largest absolute Gasteiger partial charge is 0.464 e. The van der Waals surface area contributed by atoms with Gasteiger partial charge in [0.15, 0.2) is 11.5 Å². The predicted molar refractivity (Wildman–Crippen MR) is 117 cm³/mol. The number of esters is 1. The van der Waals surface area contributed by atoms with Crippen LogP contribution in [0.1, 0.15) is 49.2 Å². The monoisotopic (exact) mass is 419 g/mol. The highest BCUT2D eigenvalue weighted by molar-refractivity contribution is 7.99. The Labute approximate surface area is 175 Å². The minimum Gasteiger partial charge on any atom is -0.464 e. The van der Waals surface area contributed by atoms with Gasteiger partial charge < -0.3 is 15.0 Å². The molecule has 0 amide bonds. The first-order chi connectivity index (χ1) is 13.5. The predicted octanol–water partition coefficient (Wildman–Crippen LogP) is 5.58. The van der Waals surface area contributed by atoms with Crippen LogP contribution in [0.3, 0.4) is 0 Å². The van der Waals surface area contributed by atoms with E-state index in [0.29, 0.717) is 18.1 Å². The summed E-state index contributed by atoms with van der Waals surface area (Å²) < 4.78 is 4.75. The maximum atomic E-state index is 11.7. The molecule has 5 nitrogen and oxygen atoms in total. The number of hydrogen-bond donors (Lipinski definition) is 1. The number of nitrogens with one attached hydrogen (secondary N) is 1. The van der Waals surface area contributed by atoms with Crippen LogP contribution in [-0.2, 0) is 11.3 Å². The summed E-state index contributed by atoms with van der Waals surface area (Å²) in [6.07, 6.45) is 3.79. The minimum atomic E-state index is -0.439. The Balaban J connectivity index is 1.71. The van der Waals surface area contributed by atoms with Crippen molar-refractivity contribution in [2.45, 2.75) is 50.7 Å². The Morgan fingerprint density at radius 3 is 2.86 bits per heavy atom. The van der Waals surface area contributed by atoms with Crippen molar-refractivity contribution >= 4 is 40.8 Å². The molecular weight excluding hydrogens is 394 g/mol. The van der Waals surface area contributed by atoms with Crippen LogP contribution >= 0.6 is 23.4 Å². The van der Waals surface area contributed by atoms with Crippen molar-refractivity contribution in [2.75, 3.05) is 23.1 Å². The fourth-order valence-corrected chi connectivity index (χ4v) is 4.44. The molecule has 1 unspecified atom stereocenters. The number of ether oxygens (including phenoxy) is 1. The molecule has 7 heteroatoms. The van der Waals surface area contributed by atoms with Crippen LogP contribution in [0.25, 0.3) is 0 Å². The third-order valence-electron chi connectivity index (χ3n) is 4.77. The average molecular weight is 420 g/mol. The molecule has 0 radical (unpaired) electrons. The molecular formula is C21H26ClN3O2S. The van der Waals surface area contributed by atoms with Gasteiger partial charge in [0.1, 0.15) is 0 Å². The quantitative estimate of drug-likeness (QED) is 0.342. The van der Waals surface area contributed by atoms with E-state index < -0.39 is 5.97 Å². The highest BCUT2D eigenvalue weighted by Crippen LogP contribution is 2.36. The summed E-state index contributed by atoms with van der Waals surface area (Å²) in [6.45, 7) is 4.94. The topological polar surface area (TPSA) is 54.5 Å². The van der Waals surface area contributed by atoms with Crippen LogP contribution in [0.2, 0.25) is 5.02 Å². The van der Waals surface area contributed by atoms with Gasteiger partial charge in [-0.3, -0.25) is 0 Å². The standard InChI is InChI=1S/C21H26ClN3O2S/c1-4-5-6-11-28-16-8-7-15(17(22)12-16)13-25-14(2)23-20-19(25)10-9-18(24-20)21(26)27-3/h7-10,12,14H,4-6,11,13H2,1-3H3,(H,23,24). The Bertz CT molecular complexity index is 846. The van der Waals surface area contributed by atoms with Gasteiger partial charge in [-0.2, -0.15) is 0 Å². The SMILES string of the molecule is CCCCCSc1ccc(CN2c3ccc(C(=O)OC)nc3NC2C)c(Cl)c1. The molecule has 2 heterocycles. The smallest absolute Gasteiger partial charge is 0.356 e. The van der Waals surface area contributed by atoms with E-state index in [0.717, 1.165) is 22.0 Å². The number of benzene rings is 1. The lowest BCUT2D eigenvalue weighted by Crippen LogP contribution is -2.32. The van der Waals surface area contributed by atoms with Gasteiger partial charge in [-0.1, -0.05) is 37.4 Å². The lowest BCUT2D eigenvalue weighted by atomic mass is 10.2. The Morgan fingerprint density at radius 1 is 1.32 bits per heavy atom. The van der Waals surface area contributed by atoms with Crippen molar-refractivity contribution in [2.24, 2.45) is 0 Å². The molecule has 0 aliphatic carbocycles. The summed E-state index contributed by atoms with van der Waals surface area (Å²) in [4.78, 5) is 19.5.